The Hall–Kier alpha value is -2.84. The number of aliphatic imine (C=N–C) groups is 1. The van der Waals surface area contributed by atoms with Gasteiger partial charge in [0, 0.05) is 52.6 Å². The van der Waals surface area contributed by atoms with E-state index in [-0.39, 0.29) is 5.91 Å². The monoisotopic (exact) mass is 442 g/mol. The Morgan fingerprint density at radius 1 is 1.16 bits per heavy atom. The van der Waals surface area contributed by atoms with Crippen molar-refractivity contribution in [3.05, 3.63) is 59.5 Å². The van der Waals surface area contributed by atoms with Gasteiger partial charge in [-0.05, 0) is 49.1 Å². The predicted molar refractivity (Wildman–Crippen MR) is 124 cm³/mol. The molecule has 1 aromatic heterocycles. The Labute approximate surface area is 190 Å². The first-order chi connectivity index (χ1) is 15.7. The summed E-state index contributed by atoms with van der Waals surface area (Å²) in [7, 11) is 3.51. The van der Waals surface area contributed by atoms with Crippen LogP contribution in [0.25, 0.3) is 0 Å². The highest BCUT2D eigenvalue weighted by atomic mass is 16.5. The molecule has 0 radical (unpaired) electrons. The third kappa shape index (κ3) is 7.39. The Bertz CT molecular complexity index is 845. The summed E-state index contributed by atoms with van der Waals surface area (Å²) in [6.45, 7) is 4.26. The molecular formula is C24H34N4O4. The highest BCUT2D eigenvalue weighted by Crippen LogP contribution is 2.14. The molecule has 2 aromatic rings. The average molecular weight is 443 g/mol. The minimum atomic E-state index is -0.125. The first-order valence-corrected chi connectivity index (χ1v) is 11.1. The molecule has 0 saturated carbocycles. The van der Waals surface area contributed by atoms with Gasteiger partial charge in [-0.15, -0.1) is 0 Å². The van der Waals surface area contributed by atoms with Crippen molar-refractivity contribution in [1.29, 1.82) is 0 Å². The van der Waals surface area contributed by atoms with Gasteiger partial charge < -0.3 is 29.4 Å². The number of benzene rings is 1. The van der Waals surface area contributed by atoms with Crippen LogP contribution in [-0.4, -0.2) is 63.3 Å². The summed E-state index contributed by atoms with van der Waals surface area (Å²) in [4.78, 5) is 19.1. The van der Waals surface area contributed by atoms with E-state index >= 15 is 0 Å². The Morgan fingerprint density at radius 2 is 2.00 bits per heavy atom. The van der Waals surface area contributed by atoms with Crippen LogP contribution in [0.4, 0.5) is 0 Å². The van der Waals surface area contributed by atoms with Crippen LogP contribution in [0.3, 0.4) is 0 Å². The molecule has 0 bridgehead atoms. The van der Waals surface area contributed by atoms with Crippen LogP contribution >= 0.6 is 0 Å². The molecular weight excluding hydrogens is 408 g/mol. The SMILES string of the molecule is CN=C(NCc1cccc(C(=O)NCc2ccco2)c1)N1CCC(OCCCOC)CC1. The van der Waals surface area contributed by atoms with Gasteiger partial charge in [0.2, 0.25) is 0 Å². The number of likely N-dealkylation sites (tertiary alicyclic amines) is 1. The normalized spacial score (nSPS) is 15.1. The molecule has 0 atom stereocenters. The number of rotatable bonds is 10. The number of nitrogens with zero attached hydrogens (tertiary/aromatic N) is 2. The fourth-order valence-electron chi connectivity index (χ4n) is 3.71. The number of methoxy groups -OCH3 is 1. The molecule has 174 valence electrons. The molecule has 3 rings (SSSR count). The van der Waals surface area contributed by atoms with Crippen molar-refractivity contribution in [1.82, 2.24) is 15.5 Å². The summed E-state index contributed by atoms with van der Waals surface area (Å²) in [6.07, 6.45) is 4.80. The van der Waals surface area contributed by atoms with Crippen molar-refractivity contribution in [2.75, 3.05) is 40.5 Å². The van der Waals surface area contributed by atoms with Gasteiger partial charge in [0.25, 0.3) is 5.91 Å². The summed E-state index contributed by atoms with van der Waals surface area (Å²) in [5.41, 5.74) is 1.64. The standard InChI is InChI=1S/C24H34N4O4/c1-25-24(28-11-9-21(10-12-28)31-15-5-13-30-2)27-17-19-6-3-7-20(16-19)23(29)26-18-22-8-4-14-32-22/h3-4,6-8,14,16,21H,5,9-13,15,17-18H2,1-2H3,(H,25,27)(H,26,29). The van der Waals surface area contributed by atoms with Gasteiger partial charge in [-0.1, -0.05) is 12.1 Å². The number of carbonyl (C=O) groups is 1. The quantitative estimate of drug-likeness (QED) is 0.334. The molecule has 2 heterocycles. The van der Waals surface area contributed by atoms with Gasteiger partial charge in [0.15, 0.2) is 5.96 Å². The molecule has 1 aliphatic rings. The number of furan rings is 1. The number of ether oxygens (including phenoxy) is 2. The molecule has 1 fully saturated rings. The van der Waals surface area contributed by atoms with Gasteiger partial charge >= 0.3 is 0 Å². The summed E-state index contributed by atoms with van der Waals surface area (Å²) < 4.78 is 16.3. The van der Waals surface area contributed by atoms with Crippen molar-refractivity contribution in [2.24, 2.45) is 4.99 Å². The lowest BCUT2D eigenvalue weighted by Gasteiger charge is -2.34. The van der Waals surface area contributed by atoms with E-state index in [1.807, 2.05) is 30.3 Å². The Morgan fingerprint density at radius 3 is 2.72 bits per heavy atom. The lowest BCUT2D eigenvalue weighted by atomic mass is 10.1. The minimum Gasteiger partial charge on any atom is -0.467 e. The number of carbonyl (C=O) groups excluding carboxylic acids is 1. The second-order valence-electron chi connectivity index (χ2n) is 7.77. The number of guanidine groups is 1. The second-order valence-corrected chi connectivity index (χ2v) is 7.77. The lowest BCUT2D eigenvalue weighted by molar-refractivity contribution is 0.00989. The maximum Gasteiger partial charge on any atom is 0.251 e. The van der Waals surface area contributed by atoms with Crippen molar-refractivity contribution in [3.8, 4) is 0 Å². The highest BCUT2D eigenvalue weighted by Gasteiger charge is 2.21. The summed E-state index contributed by atoms with van der Waals surface area (Å²) >= 11 is 0. The Kier molecular flexibility index (Phi) is 9.59. The molecule has 32 heavy (non-hydrogen) atoms. The van der Waals surface area contributed by atoms with E-state index in [9.17, 15) is 4.79 Å². The van der Waals surface area contributed by atoms with Crippen LogP contribution in [0.2, 0.25) is 0 Å². The van der Waals surface area contributed by atoms with E-state index < -0.39 is 0 Å². The van der Waals surface area contributed by atoms with Crippen LogP contribution in [-0.2, 0) is 22.6 Å². The van der Waals surface area contributed by atoms with Crippen molar-refractivity contribution in [2.45, 2.75) is 38.5 Å². The third-order valence-electron chi connectivity index (χ3n) is 5.44. The molecule has 0 unspecified atom stereocenters. The van der Waals surface area contributed by atoms with Crippen LogP contribution in [0.15, 0.2) is 52.1 Å². The van der Waals surface area contributed by atoms with Gasteiger partial charge in [0.05, 0.1) is 18.9 Å². The molecule has 1 aliphatic heterocycles. The van der Waals surface area contributed by atoms with Crippen LogP contribution in [0, 0.1) is 0 Å². The van der Waals surface area contributed by atoms with Crippen LogP contribution in [0.1, 0.15) is 40.9 Å². The van der Waals surface area contributed by atoms with E-state index in [0.29, 0.717) is 24.8 Å². The minimum absolute atomic E-state index is 0.125. The lowest BCUT2D eigenvalue weighted by Crippen LogP contribution is -2.46. The average Bonchev–Trinajstić information content (AvgIpc) is 3.35. The van der Waals surface area contributed by atoms with Crippen LogP contribution in [0.5, 0.6) is 0 Å². The van der Waals surface area contributed by atoms with Crippen LogP contribution < -0.4 is 10.6 Å². The maximum atomic E-state index is 12.5. The summed E-state index contributed by atoms with van der Waals surface area (Å²) in [5.74, 6) is 1.47. The largest absolute Gasteiger partial charge is 0.467 e. The van der Waals surface area contributed by atoms with Crippen molar-refractivity contribution in [3.63, 3.8) is 0 Å². The van der Waals surface area contributed by atoms with E-state index in [1.54, 1.807) is 26.5 Å². The zero-order valence-corrected chi connectivity index (χ0v) is 19.0. The predicted octanol–water partition coefficient (Wildman–Crippen LogP) is 2.80. The zero-order valence-electron chi connectivity index (χ0n) is 19.0. The highest BCUT2D eigenvalue weighted by molar-refractivity contribution is 5.94. The van der Waals surface area contributed by atoms with Gasteiger partial charge in [-0.25, -0.2) is 0 Å². The fraction of sp³-hybridized carbons (Fsp3) is 0.500. The number of amides is 1. The molecule has 8 nitrogen and oxygen atoms in total. The molecule has 0 spiro atoms. The topological polar surface area (TPSA) is 88.3 Å². The first-order valence-electron chi connectivity index (χ1n) is 11.1. The molecule has 0 aliphatic carbocycles. The summed E-state index contributed by atoms with van der Waals surface area (Å²) in [5, 5.41) is 6.30. The maximum absolute atomic E-state index is 12.5. The van der Waals surface area contributed by atoms with Gasteiger partial charge in [-0.2, -0.15) is 0 Å². The summed E-state index contributed by atoms with van der Waals surface area (Å²) in [6, 6.07) is 11.3. The fourth-order valence-corrected chi connectivity index (χ4v) is 3.71. The number of nitrogens with one attached hydrogen (secondary N) is 2. The zero-order chi connectivity index (χ0) is 22.6. The van der Waals surface area contributed by atoms with E-state index in [1.165, 1.54) is 0 Å². The van der Waals surface area contributed by atoms with Crippen molar-refractivity contribution >= 4 is 11.9 Å². The number of piperidine rings is 1. The first kappa shape index (κ1) is 23.8. The second kappa shape index (κ2) is 12.9. The van der Waals surface area contributed by atoms with Gasteiger partial charge in [-0.3, -0.25) is 9.79 Å². The molecule has 2 N–H and O–H groups in total. The molecule has 1 saturated heterocycles. The Balaban J connectivity index is 1.44. The molecule has 8 heteroatoms. The van der Waals surface area contributed by atoms with Crippen molar-refractivity contribution < 1.29 is 18.7 Å². The van der Waals surface area contributed by atoms with E-state index in [2.05, 4.69) is 20.5 Å². The van der Waals surface area contributed by atoms with Gasteiger partial charge in [0.1, 0.15) is 5.76 Å². The molecule has 1 aromatic carbocycles. The third-order valence-corrected chi connectivity index (χ3v) is 5.44. The van der Waals surface area contributed by atoms with E-state index in [4.69, 9.17) is 13.9 Å². The number of hydrogen-bond acceptors (Lipinski definition) is 5. The molecule has 1 amide bonds. The smallest absolute Gasteiger partial charge is 0.251 e. The number of hydrogen-bond donors (Lipinski definition) is 2. The van der Waals surface area contributed by atoms with E-state index in [0.717, 1.165) is 62.8 Å².